The highest BCUT2D eigenvalue weighted by molar-refractivity contribution is 6.34. The van der Waals surface area contributed by atoms with E-state index < -0.39 is 28.4 Å². The molecule has 238 valence electrons. The van der Waals surface area contributed by atoms with Crippen LogP contribution in [0.2, 0.25) is 10.0 Å². The molecule has 3 amide bonds. The maximum atomic E-state index is 13.7. The highest BCUT2D eigenvalue weighted by atomic mass is 35.5. The molecule has 0 saturated carbocycles. The number of likely N-dealkylation sites (tertiary alicyclic amines) is 1. The molecule has 0 bridgehead atoms. The summed E-state index contributed by atoms with van der Waals surface area (Å²) >= 11 is 12.5. The highest BCUT2D eigenvalue weighted by Gasteiger charge is 2.29. The van der Waals surface area contributed by atoms with Crippen molar-refractivity contribution in [3.05, 3.63) is 98.0 Å². The molecule has 1 aliphatic heterocycles. The average molecular weight is 658 g/mol. The summed E-state index contributed by atoms with van der Waals surface area (Å²) in [5.41, 5.74) is 0.253. The van der Waals surface area contributed by atoms with E-state index in [1.165, 1.54) is 18.2 Å². The number of ether oxygens (including phenoxy) is 2. The number of halogens is 2. The molecule has 0 spiro atoms. The first-order valence-corrected chi connectivity index (χ1v) is 15.1. The Morgan fingerprint density at radius 1 is 1.02 bits per heavy atom. The van der Waals surface area contributed by atoms with E-state index in [9.17, 15) is 24.5 Å². The van der Waals surface area contributed by atoms with Crippen molar-refractivity contribution in [3.8, 4) is 5.75 Å². The number of anilines is 1. The Morgan fingerprint density at radius 3 is 2.33 bits per heavy atom. The molecule has 0 aliphatic carbocycles. The number of nitrogens with one attached hydrogen (secondary N) is 2. The SMILES string of the molecule is CC(C)(C)OC(=O)N1CCC(Oc2ccc(Cl)cc2C(=O)N[C@@H](Cc2ccccc2)C(=O)Nc2ccc([N+](=O)[O-])cc2Cl)CC1. The summed E-state index contributed by atoms with van der Waals surface area (Å²) in [5.74, 6) is -0.892. The first kappa shape index (κ1) is 33.5. The summed E-state index contributed by atoms with van der Waals surface area (Å²) in [6.07, 6.45) is 0.535. The second kappa shape index (κ2) is 14.6. The van der Waals surface area contributed by atoms with Crippen molar-refractivity contribution in [2.24, 2.45) is 0 Å². The van der Waals surface area contributed by atoms with Gasteiger partial charge in [0.25, 0.3) is 11.6 Å². The average Bonchev–Trinajstić information content (AvgIpc) is 2.98. The Kier molecular flexibility index (Phi) is 10.9. The van der Waals surface area contributed by atoms with Gasteiger partial charge in [0.1, 0.15) is 23.5 Å². The molecule has 13 heteroatoms. The van der Waals surface area contributed by atoms with Crippen LogP contribution in [0.5, 0.6) is 5.75 Å². The van der Waals surface area contributed by atoms with Crippen LogP contribution in [0.4, 0.5) is 16.2 Å². The van der Waals surface area contributed by atoms with Gasteiger partial charge in [-0.2, -0.15) is 0 Å². The van der Waals surface area contributed by atoms with Crippen molar-refractivity contribution < 1.29 is 28.8 Å². The number of rotatable bonds is 9. The number of hydrogen-bond donors (Lipinski definition) is 2. The van der Waals surface area contributed by atoms with Gasteiger partial charge < -0.3 is 25.0 Å². The minimum Gasteiger partial charge on any atom is -0.489 e. The molecule has 3 aromatic rings. The lowest BCUT2D eigenvalue weighted by atomic mass is 10.0. The molecule has 1 heterocycles. The van der Waals surface area contributed by atoms with E-state index in [0.29, 0.717) is 31.0 Å². The number of amides is 3. The maximum Gasteiger partial charge on any atom is 0.410 e. The molecule has 2 N–H and O–H groups in total. The fraction of sp³-hybridized carbons (Fsp3) is 0.344. The van der Waals surface area contributed by atoms with E-state index in [4.69, 9.17) is 32.7 Å². The number of piperidine rings is 1. The Bertz CT molecular complexity index is 1550. The molecule has 45 heavy (non-hydrogen) atoms. The molecular weight excluding hydrogens is 623 g/mol. The monoisotopic (exact) mass is 656 g/mol. The Labute approximate surface area is 270 Å². The van der Waals surface area contributed by atoms with E-state index in [1.807, 2.05) is 51.1 Å². The Balaban J connectivity index is 1.49. The summed E-state index contributed by atoms with van der Waals surface area (Å²) in [7, 11) is 0. The van der Waals surface area contributed by atoms with Crippen molar-refractivity contribution in [3.63, 3.8) is 0 Å². The summed E-state index contributed by atoms with van der Waals surface area (Å²) in [5, 5.41) is 16.8. The number of carbonyl (C=O) groups is 3. The van der Waals surface area contributed by atoms with Gasteiger partial charge in [-0.05, 0) is 50.6 Å². The Morgan fingerprint density at radius 2 is 1.71 bits per heavy atom. The van der Waals surface area contributed by atoms with E-state index in [0.717, 1.165) is 11.6 Å². The number of hydrogen-bond acceptors (Lipinski definition) is 7. The van der Waals surface area contributed by atoms with E-state index in [1.54, 1.807) is 17.0 Å². The maximum absolute atomic E-state index is 13.7. The van der Waals surface area contributed by atoms with E-state index in [-0.39, 0.29) is 46.3 Å². The molecule has 1 atom stereocenters. The second-order valence-electron chi connectivity index (χ2n) is 11.6. The number of benzene rings is 3. The van der Waals surface area contributed by atoms with Crippen LogP contribution < -0.4 is 15.4 Å². The van der Waals surface area contributed by atoms with Crippen LogP contribution in [0.25, 0.3) is 0 Å². The number of carbonyl (C=O) groups excluding carboxylic acids is 3. The number of nitro groups is 1. The quantitative estimate of drug-likeness (QED) is 0.194. The molecule has 4 rings (SSSR count). The largest absolute Gasteiger partial charge is 0.489 e. The molecule has 3 aromatic carbocycles. The van der Waals surface area contributed by atoms with Gasteiger partial charge in [-0.1, -0.05) is 53.5 Å². The van der Waals surface area contributed by atoms with E-state index >= 15 is 0 Å². The summed E-state index contributed by atoms with van der Waals surface area (Å²) in [6.45, 7) is 6.30. The summed E-state index contributed by atoms with van der Waals surface area (Å²) in [4.78, 5) is 51.7. The van der Waals surface area contributed by atoms with Crippen molar-refractivity contribution >= 4 is 52.5 Å². The van der Waals surface area contributed by atoms with Crippen LogP contribution in [0, 0.1) is 10.1 Å². The topological polar surface area (TPSA) is 140 Å². The van der Waals surface area contributed by atoms with Crippen LogP contribution in [0.15, 0.2) is 66.7 Å². The van der Waals surface area contributed by atoms with Crippen LogP contribution in [-0.4, -0.2) is 58.6 Å². The van der Waals surface area contributed by atoms with Crippen LogP contribution in [0.1, 0.15) is 49.5 Å². The number of nitro benzene ring substituents is 1. The third-order valence-electron chi connectivity index (χ3n) is 6.90. The molecular formula is C32H34Cl2N4O7. The fourth-order valence-corrected chi connectivity index (χ4v) is 5.07. The van der Waals surface area contributed by atoms with Crippen molar-refractivity contribution in [2.75, 3.05) is 18.4 Å². The molecule has 1 fully saturated rings. The van der Waals surface area contributed by atoms with E-state index in [2.05, 4.69) is 10.6 Å². The normalized spacial score (nSPS) is 14.3. The Hall–Kier alpha value is -4.35. The third-order valence-corrected chi connectivity index (χ3v) is 7.45. The van der Waals surface area contributed by atoms with Gasteiger partial charge in [0.15, 0.2) is 0 Å². The van der Waals surface area contributed by atoms with Gasteiger partial charge in [0, 0.05) is 49.5 Å². The van der Waals surface area contributed by atoms with Crippen LogP contribution >= 0.6 is 23.2 Å². The summed E-state index contributed by atoms with van der Waals surface area (Å²) in [6, 6.07) is 16.4. The molecule has 1 aliphatic rings. The fourth-order valence-electron chi connectivity index (χ4n) is 4.68. The minimum absolute atomic E-state index is 0.0226. The predicted molar refractivity (Wildman–Crippen MR) is 171 cm³/mol. The first-order chi connectivity index (χ1) is 21.3. The van der Waals surface area contributed by atoms with Gasteiger partial charge in [0.05, 0.1) is 21.2 Å². The number of nitrogens with zero attached hydrogens (tertiary/aromatic N) is 2. The minimum atomic E-state index is -1.06. The lowest BCUT2D eigenvalue weighted by Crippen LogP contribution is -2.45. The standard InChI is InChI=1S/C32H34Cl2N4O7/c1-32(2,3)45-31(41)37-15-13-23(14-16-37)44-28-12-9-21(33)18-24(28)29(39)36-27(17-20-7-5-4-6-8-20)30(40)35-26-11-10-22(38(42)43)19-25(26)34/h4-12,18-19,23,27H,13-17H2,1-3H3,(H,35,40)(H,36,39)/t27-/m0/s1. The first-order valence-electron chi connectivity index (χ1n) is 14.3. The summed E-state index contributed by atoms with van der Waals surface area (Å²) < 4.78 is 11.7. The molecule has 1 saturated heterocycles. The second-order valence-corrected chi connectivity index (χ2v) is 12.4. The lowest BCUT2D eigenvalue weighted by Gasteiger charge is -2.33. The molecule has 11 nitrogen and oxygen atoms in total. The predicted octanol–water partition coefficient (Wildman–Crippen LogP) is 6.66. The van der Waals surface area contributed by atoms with Gasteiger partial charge in [-0.25, -0.2) is 4.79 Å². The molecule has 0 radical (unpaired) electrons. The third kappa shape index (κ3) is 9.57. The zero-order valence-corrected chi connectivity index (χ0v) is 26.6. The van der Waals surface area contributed by atoms with Crippen molar-refractivity contribution in [1.29, 1.82) is 0 Å². The van der Waals surface area contributed by atoms with Gasteiger partial charge in [-0.3, -0.25) is 19.7 Å². The van der Waals surface area contributed by atoms with Crippen LogP contribution in [-0.2, 0) is 16.0 Å². The smallest absolute Gasteiger partial charge is 0.410 e. The zero-order valence-electron chi connectivity index (χ0n) is 25.0. The zero-order chi connectivity index (χ0) is 32.7. The highest BCUT2D eigenvalue weighted by Crippen LogP contribution is 2.29. The number of non-ortho nitro benzene ring substituents is 1. The van der Waals surface area contributed by atoms with Crippen LogP contribution in [0.3, 0.4) is 0 Å². The lowest BCUT2D eigenvalue weighted by molar-refractivity contribution is -0.384. The molecule has 0 unspecified atom stereocenters. The van der Waals surface area contributed by atoms with Crippen molar-refractivity contribution in [1.82, 2.24) is 10.2 Å². The van der Waals surface area contributed by atoms with Crippen molar-refractivity contribution in [2.45, 2.75) is 57.8 Å². The van der Waals surface area contributed by atoms with Gasteiger partial charge >= 0.3 is 6.09 Å². The van der Waals surface area contributed by atoms with Gasteiger partial charge in [-0.15, -0.1) is 0 Å². The molecule has 0 aromatic heterocycles. The van der Waals surface area contributed by atoms with Gasteiger partial charge in [0.2, 0.25) is 5.91 Å².